The first-order chi connectivity index (χ1) is 11.8. The molecule has 0 spiro atoms. The van der Waals surface area contributed by atoms with Crippen LogP contribution in [0.3, 0.4) is 0 Å². The maximum atomic E-state index is 13.4. The van der Waals surface area contributed by atoms with Crippen LogP contribution in [0.2, 0.25) is 0 Å². The summed E-state index contributed by atoms with van der Waals surface area (Å²) in [6.45, 7) is 3.63. The smallest absolute Gasteiger partial charge is 0.438 e. The summed E-state index contributed by atoms with van der Waals surface area (Å²) in [6, 6.07) is 8.59. The van der Waals surface area contributed by atoms with Gasteiger partial charge in [0, 0.05) is 12.1 Å². The van der Waals surface area contributed by atoms with Crippen LogP contribution >= 0.6 is 0 Å². The van der Waals surface area contributed by atoms with Crippen molar-refractivity contribution in [3.05, 3.63) is 36.0 Å². The van der Waals surface area contributed by atoms with E-state index in [0.717, 1.165) is 12.8 Å². The van der Waals surface area contributed by atoms with E-state index in [1.165, 1.54) is 11.6 Å². The number of nitrogens with zero attached hydrogens (tertiary/aromatic N) is 2. The highest BCUT2D eigenvalue weighted by molar-refractivity contribution is 5.58. The van der Waals surface area contributed by atoms with Gasteiger partial charge in [-0.05, 0) is 13.3 Å². The van der Waals surface area contributed by atoms with Crippen molar-refractivity contribution in [2.24, 2.45) is 0 Å². The number of hydrogen-bond acceptors (Lipinski definition) is 4. The monoisotopic (exact) mass is 357 g/mol. The second-order valence-corrected chi connectivity index (χ2v) is 5.71. The molecule has 0 bridgehead atoms. The lowest BCUT2D eigenvalue weighted by atomic mass is 10.2. The Kier molecular flexibility index (Phi) is 6.30. The summed E-state index contributed by atoms with van der Waals surface area (Å²) < 4.78 is 46.7. The molecule has 2 N–H and O–H groups in total. The number of aromatic nitrogens is 2. The molecule has 0 aliphatic carbocycles. The maximum absolute atomic E-state index is 13.4. The Bertz CT molecular complexity index is 670. The van der Waals surface area contributed by atoms with Crippen molar-refractivity contribution in [2.45, 2.75) is 39.0 Å². The predicted molar refractivity (Wildman–Crippen MR) is 89.0 cm³/mol. The molecule has 0 fully saturated rings. The highest BCUT2D eigenvalue weighted by Gasteiger charge is 2.41. The number of ether oxygens (including phenoxy) is 1. The topological polar surface area (TPSA) is 59.3 Å². The van der Waals surface area contributed by atoms with Crippen LogP contribution in [0, 0.1) is 0 Å². The predicted octanol–water partition coefficient (Wildman–Crippen LogP) is 3.67. The molecule has 0 radical (unpaired) electrons. The molecule has 138 valence electrons. The molecule has 0 saturated carbocycles. The number of benzene rings is 1. The Labute approximate surface area is 144 Å². The zero-order valence-electron chi connectivity index (χ0n) is 14.2. The second kappa shape index (κ2) is 8.24. The Balaban J connectivity index is 2.52. The summed E-state index contributed by atoms with van der Waals surface area (Å²) in [5.74, 6) is -0.326. The molecule has 25 heavy (non-hydrogen) atoms. The van der Waals surface area contributed by atoms with Gasteiger partial charge in [-0.15, -0.1) is 0 Å². The molecular weight excluding hydrogens is 335 g/mol. The quantitative estimate of drug-likeness (QED) is 0.708. The lowest BCUT2D eigenvalue weighted by Gasteiger charge is -2.16. The Morgan fingerprint density at radius 2 is 1.96 bits per heavy atom. The van der Waals surface area contributed by atoms with Crippen molar-refractivity contribution in [3.8, 4) is 17.3 Å². The molecule has 1 aromatic heterocycles. The zero-order chi connectivity index (χ0) is 18.4. The molecule has 2 aromatic rings. The third-order valence-corrected chi connectivity index (χ3v) is 3.40. The van der Waals surface area contributed by atoms with Crippen LogP contribution in [0.5, 0.6) is 5.88 Å². The standard InChI is InChI=1S/C17H22F3N3O2/c1-3-4-10-21-23-15(13-8-6-5-7-9-13)22-14(17(18,19)20)16(23)25-11-12(2)24/h5-9,12,21,24H,3-4,10-11H2,1-2H3. The second-order valence-electron chi connectivity index (χ2n) is 5.71. The van der Waals surface area contributed by atoms with Crippen LogP contribution in [0.15, 0.2) is 30.3 Å². The van der Waals surface area contributed by atoms with Gasteiger partial charge in [-0.2, -0.15) is 13.2 Å². The van der Waals surface area contributed by atoms with E-state index in [0.29, 0.717) is 12.1 Å². The van der Waals surface area contributed by atoms with Crippen molar-refractivity contribution in [1.29, 1.82) is 0 Å². The number of nitrogens with one attached hydrogen (secondary N) is 1. The molecule has 1 aromatic carbocycles. The van der Waals surface area contributed by atoms with Crippen molar-refractivity contribution in [3.63, 3.8) is 0 Å². The van der Waals surface area contributed by atoms with Crippen LogP contribution < -0.4 is 10.2 Å². The van der Waals surface area contributed by atoms with Gasteiger partial charge >= 0.3 is 6.18 Å². The number of unbranched alkanes of at least 4 members (excludes halogenated alkanes) is 1. The lowest BCUT2D eigenvalue weighted by Crippen LogP contribution is -2.22. The summed E-state index contributed by atoms with van der Waals surface area (Å²) in [5, 5.41) is 9.38. The first-order valence-electron chi connectivity index (χ1n) is 8.14. The van der Waals surface area contributed by atoms with E-state index in [1.54, 1.807) is 30.3 Å². The molecule has 5 nitrogen and oxygen atoms in total. The highest BCUT2D eigenvalue weighted by atomic mass is 19.4. The minimum Gasteiger partial charge on any atom is -0.473 e. The minimum atomic E-state index is -4.67. The highest BCUT2D eigenvalue weighted by Crippen LogP contribution is 2.38. The number of aliphatic hydroxyl groups excluding tert-OH is 1. The van der Waals surface area contributed by atoms with Crippen molar-refractivity contribution in [1.82, 2.24) is 9.66 Å². The number of halogens is 3. The number of alkyl halides is 3. The van der Waals surface area contributed by atoms with Crippen molar-refractivity contribution >= 4 is 0 Å². The van der Waals surface area contributed by atoms with E-state index in [2.05, 4.69) is 10.4 Å². The number of rotatable bonds is 8. The largest absolute Gasteiger partial charge is 0.473 e. The van der Waals surface area contributed by atoms with Crippen molar-refractivity contribution in [2.75, 3.05) is 18.6 Å². The lowest BCUT2D eigenvalue weighted by molar-refractivity contribution is -0.142. The Morgan fingerprint density at radius 3 is 2.52 bits per heavy atom. The van der Waals surface area contributed by atoms with Gasteiger partial charge in [-0.3, -0.25) is 0 Å². The van der Waals surface area contributed by atoms with Crippen LogP contribution in [0.25, 0.3) is 11.4 Å². The molecule has 1 atom stereocenters. The van der Waals surface area contributed by atoms with E-state index in [9.17, 15) is 18.3 Å². The van der Waals surface area contributed by atoms with Gasteiger partial charge in [-0.1, -0.05) is 43.7 Å². The zero-order valence-corrected chi connectivity index (χ0v) is 14.2. The first-order valence-corrected chi connectivity index (χ1v) is 8.14. The van der Waals surface area contributed by atoms with Gasteiger partial charge in [0.15, 0.2) is 5.82 Å². The number of imidazole rings is 1. The van der Waals surface area contributed by atoms with Crippen LogP contribution in [-0.2, 0) is 6.18 Å². The minimum absolute atomic E-state index is 0.115. The van der Waals surface area contributed by atoms with E-state index in [-0.39, 0.29) is 12.4 Å². The molecule has 1 heterocycles. The third kappa shape index (κ3) is 4.88. The van der Waals surface area contributed by atoms with E-state index < -0.39 is 23.9 Å². The summed E-state index contributed by atoms with van der Waals surface area (Å²) in [4.78, 5) is 3.78. The normalized spacial score (nSPS) is 12.9. The van der Waals surface area contributed by atoms with Gasteiger partial charge in [0.1, 0.15) is 6.61 Å². The van der Waals surface area contributed by atoms with Crippen LogP contribution in [0.4, 0.5) is 13.2 Å². The van der Waals surface area contributed by atoms with E-state index in [1.807, 2.05) is 6.92 Å². The first kappa shape index (κ1) is 19.1. The molecule has 2 rings (SSSR count). The SMILES string of the molecule is CCCCNn1c(-c2ccccc2)nc(C(F)(F)F)c1OCC(C)O. The molecule has 0 amide bonds. The van der Waals surface area contributed by atoms with Gasteiger partial charge in [-0.25, -0.2) is 9.66 Å². The van der Waals surface area contributed by atoms with Gasteiger partial charge in [0.05, 0.1) is 6.10 Å². The fraction of sp³-hybridized carbons (Fsp3) is 0.471. The van der Waals surface area contributed by atoms with Gasteiger partial charge in [0.2, 0.25) is 11.6 Å². The summed E-state index contributed by atoms with van der Waals surface area (Å²) in [6.07, 6.45) is -3.91. The van der Waals surface area contributed by atoms with Gasteiger partial charge < -0.3 is 15.3 Å². The summed E-state index contributed by atoms with van der Waals surface area (Å²) in [7, 11) is 0. The summed E-state index contributed by atoms with van der Waals surface area (Å²) >= 11 is 0. The number of hydrogen-bond donors (Lipinski definition) is 2. The molecule has 0 aliphatic heterocycles. The molecule has 0 aliphatic rings. The van der Waals surface area contributed by atoms with Crippen LogP contribution in [0.1, 0.15) is 32.4 Å². The van der Waals surface area contributed by atoms with E-state index >= 15 is 0 Å². The fourth-order valence-electron chi connectivity index (χ4n) is 2.22. The molecule has 8 heteroatoms. The molecule has 0 saturated heterocycles. The Morgan fingerprint density at radius 1 is 1.28 bits per heavy atom. The molecular formula is C17H22F3N3O2. The fourth-order valence-corrected chi connectivity index (χ4v) is 2.22. The van der Waals surface area contributed by atoms with Crippen molar-refractivity contribution < 1.29 is 23.0 Å². The molecule has 1 unspecified atom stereocenters. The average molecular weight is 357 g/mol. The third-order valence-electron chi connectivity index (χ3n) is 3.40. The average Bonchev–Trinajstić information content (AvgIpc) is 2.93. The Hall–Kier alpha value is -2.22. The maximum Gasteiger partial charge on any atom is 0.438 e. The number of aliphatic hydroxyl groups is 1. The van der Waals surface area contributed by atoms with E-state index in [4.69, 9.17) is 4.74 Å². The summed E-state index contributed by atoms with van der Waals surface area (Å²) in [5.41, 5.74) is 2.36. The van der Waals surface area contributed by atoms with Gasteiger partial charge in [0.25, 0.3) is 0 Å². The van der Waals surface area contributed by atoms with Crippen LogP contribution in [-0.4, -0.2) is 34.0 Å².